The molecule has 0 spiro atoms. The van der Waals surface area contributed by atoms with Crippen molar-refractivity contribution in [2.75, 3.05) is 0 Å². The predicted octanol–water partition coefficient (Wildman–Crippen LogP) is 3.04. The van der Waals surface area contributed by atoms with Gasteiger partial charge in [-0.15, -0.1) is 0 Å². The van der Waals surface area contributed by atoms with Crippen molar-refractivity contribution < 1.29 is 13.5 Å². The van der Waals surface area contributed by atoms with Crippen molar-refractivity contribution in [2.24, 2.45) is 0 Å². The summed E-state index contributed by atoms with van der Waals surface area (Å²) in [4.78, 5) is 7.84. The van der Waals surface area contributed by atoms with Crippen molar-refractivity contribution in [2.45, 2.75) is 13.2 Å². The van der Waals surface area contributed by atoms with Gasteiger partial charge in [-0.1, -0.05) is 6.07 Å². The number of hydrogen-bond acceptors (Lipinski definition) is 3. The first-order valence-electron chi connectivity index (χ1n) is 6.25. The molecule has 0 saturated heterocycles. The first kappa shape index (κ1) is 13.3. The second-order valence-electron chi connectivity index (χ2n) is 4.28. The van der Waals surface area contributed by atoms with Crippen LogP contribution in [-0.2, 0) is 6.61 Å². The van der Waals surface area contributed by atoms with Gasteiger partial charge >= 0.3 is 6.55 Å². The lowest BCUT2D eigenvalue weighted by Crippen LogP contribution is -2.07. The Hall–Kier alpha value is -2.70. The van der Waals surface area contributed by atoms with Gasteiger partial charge in [0.15, 0.2) is 5.82 Å². The van der Waals surface area contributed by atoms with Crippen molar-refractivity contribution in [1.82, 2.24) is 19.1 Å². The van der Waals surface area contributed by atoms with Gasteiger partial charge in [-0.2, -0.15) is 8.78 Å². The molecular weight excluding hydrogens is 278 g/mol. The van der Waals surface area contributed by atoms with Crippen LogP contribution in [-0.4, -0.2) is 19.1 Å². The van der Waals surface area contributed by atoms with E-state index in [-0.39, 0.29) is 12.4 Å². The van der Waals surface area contributed by atoms with Gasteiger partial charge in [0.1, 0.15) is 12.4 Å². The van der Waals surface area contributed by atoms with Crippen molar-refractivity contribution in [1.29, 1.82) is 0 Å². The normalized spacial score (nSPS) is 11.0. The van der Waals surface area contributed by atoms with E-state index in [2.05, 4.69) is 9.97 Å². The summed E-state index contributed by atoms with van der Waals surface area (Å²) in [5, 5.41) is 0. The molecule has 1 aromatic carbocycles. The van der Waals surface area contributed by atoms with Crippen LogP contribution in [0.4, 0.5) is 8.78 Å². The average Bonchev–Trinajstić information content (AvgIpc) is 3.16. The molecule has 0 radical (unpaired) electrons. The van der Waals surface area contributed by atoms with E-state index in [9.17, 15) is 8.78 Å². The maximum absolute atomic E-state index is 12.7. The Labute approximate surface area is 119 Å². The van der Waals surface area contributed by atoms with E-state index in [0.717, 1.165) is 10.3 Å². The lowest BCUT2D eigenvalue weighted by atomic mass is 10.3. The third-order valence-corrected chi connectivity index (χ3v) is 2.95. The van der Waals surface area contributed by atoms with Gasteiger partial charge in [0.05, 0.1) is 12.0 Å². The summed E-state index contributed by atoms with van der Waals surface area (Å²) in [6.07, 6.45) is 7.70. The molecule has 5 nitrogen and oxygen atoms in total. The van der Waals surface area contributed by atoms with Crippen molar-refractivity contribution >= 4 is 0 Å². The molecule has 2 aromatic heterocycles. The van der Waals surface area contributed by atoms with E-state index in [4.69, 9.17) is 4.74 Å². The van der Waals surface area contributed by atoms with Crippen LogP contribution in [0.2, 0.25) is 0 Å². The van der Waals surface area contributed by atoms with E-state index in [0.29, 0.717) is 5.75 Å². The lowest BCUT2D eigenvalue weighted by molar-refractivity contribution is 0.0632. The predicted molar refractivity (Wildman–Crippen MR) is 71.4 cm³/mol. The Morgan fingerprint density at radius 3 is 2.86 bits per heavy atom. The molecule has 2 heterocycles. The number of ether oxygens (including phenoxy) is 1. The first-order chi connectivity index (χ1) is 10.2. The maximum Gasteiger partial charge on any atom is 0.320 e. The fourth-order valence-electron chi connectivity index (χ4n) is 1.93. The lowest BCUT2D eigenvalue weighted by Gasteiger charge is -2.10. The maximum atomic E-state index is 12.7. The first-order valence-corrected chi connectivity index (χ1v) is 6.25. The van der Waals surface area contributed by atoms with Gasteiger partial charge in [-0.25, -0.2) is 9.97 Å². The molecule has 7 heteroatoms. The number of halogens is 2. The Balaban J connectivity index is 1.74. The van der Waals surface area contributed by atoms with Crippen LogP contribution in [0.3, 0.4) is 0 Å². The third kappa shape index (κ3) is 2.91. The molecule has 0 unspecified atom stereocenters. The number of hydrogen-bond donors (Lipinski definition) is 0. The number of aromatic nitrogens is 4. The monoisotopic (exact) mass is 290 g/mol. The highest BCUT2D eigenvalue weighted by Crippen LogP contribution is 2.19. The van der Waals surface area contributed by atoms with Crippen LogP contribution >= 0.6 is 0 Å². The number of imidazole rings is 2. The van der Waals surface area contributed by atoms with Crippen LogP contribution in [0.15, 0.2) is 55.4 Å². The summed E-state index contributed by atoms with van der Waals surface area (Å²) in [7, 11) is 0. The van der Waals surface area contributed by atoms with Crippen LogP contribution in [0, 0.1) is 0 Å². The van der Waals surface area contributed by atoms with Gasteiger partial charge in [0, 0.05) is 30.9 Å². The summed E-state index contributed by atoms with van der Waals surface area (Å²) in [6, 6.07) is 7.28. The largest absolute Gasteiger partial charge is 0.486 e. The van der Waals surface area contributed by atoms with E-state index in [1.807, 2.05) is 22.9 Å². The van der Waals surface area contributed by atoms with E-state index >= 15 is 0 Å². The highest BCUT2D eigenvalue weighted by atomic mass is 19.3. The second kappa shape index (κ2) is 5.74. The van der Waals surface area contributed by atoms with Crippen LogP contribution < -0.4 is 4.74 Å². The van der Waals surface area contributed by atoms with Gasteiger partial charge in [0.25, 0.3) is 0 Å². The zero-order valence-electron chi connectivity index (χ0n) is 10.9. The standard InChI is InChI=1S/C14H12F2N4O/c15-14(16)20-7-5-18-13(20)9-21-12-3-1-2-11(8-12)19-6-4-17-10-19/h1-8,10,14H,9H2. The molecule has 3 aromatic rings. The third-order valence-electron chi connectivity index (χ3n) is 2.95. The van der Waals surface area contributed by atoms with Gasteiger partial charge in [0.2, 0.25) is 0 Å². The Morgan fingerprint density at radius 1 is 1.19 bits per heavy atom. The van der Waals surface area contributed by atoms with Crippen molar-refractivity contribution in [3.63, 3.8) is 0 Å². The highest BCUT2D eigenvalue weighted by molar-refractivity contribution is 5.39. The summed E-state index contributed by atoms with van der Waals surface area (Å²) in [5.41, 5.74) is 0.877. The molecule has 0 aliphatic rings. The molecule has 0 atom stereocenters. The number of nitrogens with zero attached hydrogens (tertiary/aromatic N) is 4. The zero-order chi connectivity index (χ0) is 14.7. The summed E-state index contributed by atoms with van der Waals surface area (Å²) >= 11 is 0. The molecule has 0 aliphatic heterocycles. The molecule has 0 amide bonds. The van der Waals surface area contributed by atoms with Crippen LogP contribution in [0.5, 0.6) is 5.75 Å². The van der Waals surface area contributed by atoms with E-state index in [1.54, 1.807) is 24.7 Å². The topological polar surface area (TPSA) is 44.9 Å². The molecule has 3 rings (SSSR count). The minimum atomic E-state index is -2.62. The Morgan fingerprint density at radius 2 is 2.10 bits per heavy atom. The molecule has 0 bridgehead atoms. The summed E-state index contributed by atoms with van der Waals surface area (Å²) in [6.45, 7) is -2.64. The molecular formula is C14H12F2N4O. The second-order valence-corrected chi connectivity index (χ2v) is 4.28. The summed E-state index contributed by atoms with van der Waals surface area (Å²) in [5.74, 6) is 0.753. The fraction of sp³-hybridized carbons (Fsp3) is 0.143. The smallest absolute Gasteiger partial charge is 0.320 e. The summed E-state index contributed by atoms with van der Waals surface area (Å²) < 4.78 is 33.5. The van der Waals surface area contributed by atoms with Crippen LogP contribution in [0.25, 0.3) is 5.69 Å². The quantitative estimate of drug-likeness (QED) is 0.725. The minimum Gasteiger partial charge on any atom is -0.486 e. The molecule has 21 heavy (non-hydrogen) atoms. The van der Waals surface area contributed by atoms with Gasteiger partial charge in [-0.05, 0) is 12.1 Å². The molecule has 108 valence electrons. The Bertz CT molecular complexity index is 709. The number of rotatable bonds is 5. The van der Waals surface area contributed by atoms with Gasteiger partial charge in [-0.3, -0.25) is 4.57 Å². The Kier molecular flexibility index (Phi) is 3.63. The van der Waals surface area contributed by atoms with E-state index < -0.39 is 6.55 Å². The fourth-order valence-corrected chi connectivity index (χ4v) is 1.93. The zero-order valence-corrected chi connectivity index (χ0v) is 10.9. The SMILES string of the molecule is FC(F)n1ccnc1COc1cccc(-n2ccnc2)c1. The minimum absolute atomic E-state index is 0.0231. The van der Waals surface area contributed by atoms with Gasteiger partial charge < -0.3 is 9.30 Å². The highest BCUT2D eigenvalue weighted by Gasteiger charge is 2.11. The average molecular weight is 290 g/mol. The van der Waals surface area contributed by atoms with Crippen molar-refractivity contribution in [3.05, 3.63) is 61.2 Å². The molecule has 0 saturated carbocycles. The molecule has 0 aliphatic carbocycles. The van der Waals surface area contributed by atoms with Crippen LogP contribution in [0.1, 0.15) is 12.4 Å². The number of benzene rings is 1. The van der Waals surface area contributed by atoms with E-state index in [1.165, 1.54) is 12.4 Å². The van der Waals surface area contributed by atoms with Crippen molar-refractivity contribution in [3.8, 4) is 11.4 Å². The molecule has 0 N–H and O–H groups in total. The number of alkyl halides is 2. The molecule has 0 fully saturated rings.